The standard InChI is InChI=1S/C15H25ClN4O2/c1-3-19(4-2)11-5-7-20(8-6-11)14(22)9-12(21)15-17-10-13(16)18-15/h10-12,21H,3-9H2,1-2H3,(H,17,18)/t12-/m0/s1. The number of carbonyl (C=O) groups is 1. The van der Waals surface area contributed by atoms with E-state index in [1.54, 1.807) is 0 Å². The third-order valence-electron chi connectivity index (χ3n) is 4.39. The summed E-state index contributed by atoms with van der Waals surface area (Å²) in [6.45, 7) is 7.95. The zero-order chi connectivity index (χ0) is 16.1. The van der Waals surface area contributed by atoms with E-state index in [2.05, 4.69) is 28.7 Å². The minimum Gasteiger partial charge on any atom is -0.385 e. The van der Waals surface area contributed by atoms with Gasteiger partial charge in [0.05, 0.1) is 12.6 Å². The molecule has 1 aromatic heterocycles. The van der Waals surface area contributed by atoms with Crippen molar-refractivity contribution in [1.82, 2.24) is 19.8 Å². The van der Waals surface area contributed by atoms with Crippen LogP contribution in [0.15, 0.2) is 6.20 Å². The Morgan fingerprint density at radius 2 is 2.14 bits per heavy atom. The fraction of sp³-hybridized carbons (Fsp3) is 0.733. The van der Waals surface area contributed by atoms with E-state index in [0.717, 1.165) is 39.0 Å². The molecular formula is C15H25ClN4O2. The first kappa shape index (κ1) is 17.2. The summed E-state index contributed by atoms with van der Waals surface area (Å²) in [7, 11) is 0. The van der Waals surface area contributed by atoms with E-state index in [4.69, 9.17) is 11.6 Å². The van der Waals surface area contributed by atoms with Crippen LogP contribution in [0.25, 0.3) is 0 Å². The first-order valence-corrected chi connectivity index (χ1v) is 8.33. The van der Waals surface area contributed by atoms with Gasteiger partial charge in [0.1, 0.15) is 17.1 Å². The normalized spacial score (nSPS) is 18.0. The molecule has 0 bridgehead atoms. The van der Waals surface area contributed by atoms with Gasteiger partial charge in [-0.05, 0) is 25.9 Å². The van der Waals surface area contributed by atoms with E-state index < -0.39 is 6.10 Å². The maximum absolute atomic E-state index is 12.3. The van der Waals surface area contributed by atoms with Crippen LogP contribution < -0.4 is 0 Å². The number of aromatic amines is 1. The van der Waals surface area contributed by atoms with Gasteiger partial charge in [0.2, 0.25) is 5.91 Å². The van der Waals surface area contributed by atoms with Crippen LogP contribution in [0.3, 0.4) is 0 Å². The second kappa shape index (κ2) is 7.94. The molecule has 0 radical (unpaired) electrons. The number of H-pyrrole nitrogens is 1. The third-order valence-corrected chi connectivity index (χ3v) is 4.59. The lowest BCUT2D eigenvalue weighted by atomic mass is 10.0. The van der Waals surface area contributed by atoms with Gasteiger partial charge in [-0.3, -0.25) is 4.79 Å². The van der Waals surface area contributed by atoms with E-state index in [1.165, 1.54) is 6.20 Å². The first-order chi connectivity index (χ1) is 10.5. The number of hydrogen-bond acceptors (Lipinski definition) is 4. The zero-order valence-electron chi connectivity index (χ0n) is 13.3. The fourth-order valence-corrected chi connectivity index (χ4v) is 3.24. The number of aromatic nitrogens is 2. The molecule has 22 heavy (non-hydrogen) atoms. The predicted molar refractivity (Wildman–Crippen MR) is 85.7 cm³/mol. The lowest BCUT2D eigenvalue weighted by Gasteiger charge is -2.37. The minimum atomic E-state index is -0.930. The molecule has 1 atom stereocenters. The summed E-state index contributed by atoms with van der Waals surface area (Å²) in [4.78, 5) is 23.3. The molecule has 1 fully saturated rings. The molecule has 1 aromatic rings. The van der Waals surface area contributed by atoms with E-state index in [9.17, 15) is 9.90 Å². The van der Waals surface area contributed by atoms with E-state index in [-0.39, 0.29) is 12.3 Å². The van der Waals surface area contributed by atoms with E-state index in [0.29, 0.717) is 17.0 Å². The van der Waals surface area contributed by atoms with Crippen molar-refractivity contribution in [2.75, 3.05) is 26.2 Å². The summed E-state index contributed by atoms with van der Waals surface area (Å²) in [5.74, 6) is 0.314. The molecule has 7 heteroatoms. The third kappa shape index (κ3) is 4.21. The molecule has 2 rings (SSSR count). The number of aliphatic hydroxyl groups excluding tert-OH is 1. The topological polar surface area (TPSA) is 72.5 Å². The summed E-state index contributed by atoms with van der Waals surface area (Å²) in [5, 5.41) is 10.4. The van der Waals surface area contributed by atoms with Crippen LogP contribution in [0.4, 0.5) is 0 Å². The predicted octanol–water partition coefficient (Wildman–Crippen LogP) is 1.82. The van der Waals surface area contributed by atoms with Crippen LogP contribution in [-0.2, 0) is 4.79 Å². The van der Waals surface area contributed by atoms with Gasteiger partial charge in [-0.15, -0.1) is 0 Å². The molecule has 0 saturated carbocycles. The van der Waals surface area contributed by atoms with Crippen LogP contribution in [0.2, 0.25) is 5.15 Å². The number of likely N-dealkylation sites (tertiary alicyclic amines) is 1. The molecule has 2 heterocycles. The summed E-state index contributed by atoms with van der Waals surface area (Å²) < 4.78 is 0. The summed E-state index contributed by atoms with van der Waals surface area (Å²) >= 11 is 5.73. The van der Waals surface area contributed by atoms with Crippen molar-refractivity contribution in [1.29, 1.82) is 0 Å². The Labute approximate surface area is 136 Å². The largest absolute Gasteiger partial charge is 0.385 e. The van der Waals surface area contributed by atoms with Crippen molar-refractivity contribution < 1.29 is 9.90 Å². The quantitative estimate of drug-likeness (QED) is 0.835. The number of imidazole rings is 1. The van der Waals surface area contributed by atoms with Crippen LogP contribution in [0, 0.1) is 0 Å². The van der Waals surface area contributed by atoms with Crippen molar-refractivity contribution in [3.63, 3.8) is 0 Å². The van der Waals surface area contributed by atoms with Crippen molar-refractivity contribution in [3.8, 4) is 0 Å². The monoisotopic (exact) mass is 328 g/mol. The number of amides is 1. The second-order valence-electron chi connectivity index (χ2n) is 5.67. The van der Waals surface area contributed by atoms with Crippen molar-refractivity contribution in [2.45, 2.75) is 45.3 Å². The number of halogens is 1. The maximum Gasteiger partial charge on any atom is 0.225 e. The van der Waals surface area contributed by atoms with Gasteiger partial charge in [-0.25, -0.2) is 4.98 Å². The highest BCUT2D eigenvalue weighted by Crippen LogP contribution is 2.20. The fourth-order valence-electron chi connectivity index (χ4n) is 3.09. The molecular weight excluding hydrogens is 304 g/mol. The molecule has 1 saturated heterocycles. The van der Waals surface area contributed by atoms with E-state index in [1.807, 2.05) is 4.90 Å². The van der Waals surface area contributed by atoms with Crippen molar-refractivity contribution >= 4 is 17.5 Å². The Bertz CT molecular complexity index is 482. The average molecular weight is 329 g/mol. The van der Waals surface area contributed by atoms with Gasteiger partial charge in [-0.2, -0.15) is 0 Å². The minimum absolute atomic E-state index is 0.0296. The van der Waals surface area contributed by atoms with Gasteiger partial charge in [0, 0.05) is 19.1 Å². The molecule has 0 aliphatic carbocycles. The first-order valence-electron chi connectivity index (χ1n) is 7.95. The van der Waals surface area contributed by atoms with Gasteiger partial charge in [0.15, 0.2) is 0 Å². The summed E-state index contributed by atoms with van der Waals surface area (Å²) in [6.07, 6.45) is 2.53. The molecule has 1 aliphatic rings. The number of carbonyl (C=O) groups excluding carboxylic acids is 1. The van der Waals surface area contributed by atoms with E-state index >= 15 is 0 Å². The zero-order valence-corrected chi connectivity index (χ0v) is 14.0. The number of nitrogens with one attached hydrogen (secondary N) is 1. The van der Waals surface area contributed by atoms with Gasteiger partial charge in [-0.1, -0.05) is 25.4 Å². The molecule has 1 aliphatic heterocycles. The van der Waals surface area contributed by atoms with Crippen LogP contribution in [0.5, 0.6) is 0 Å². The SMILES string of the molecule is CCN(CC)C1CCN(C(=O)C[C@H](O)c2ncc(Cl)[nH]2)CC1. The molecule has 124 valence electrons. The summed E-state index contributed by atoms with van der Waals surface area (Å²) in [5.41, 5.74) is 0. The Morgan fingerprint density at radius 1 is 1.50 bits per heavy atom. The number of nitrogens with zero attached hydrogens (tertiary/aromatic N) is 3. The lowest BCUT2D eigenvalue weighted by Crippen LogP contribution is -2.46. The van der Waals surface area contributed by atoms with Gasteiger partial charge in [0.25, 0.3) is 0 Å². The molecule has 6 nitrogen and oxygen atoms in total. The number of aliphatic hydroxyl groups is 1. The Hall–Kier alpha value is -1.11. The van der Waals surface area contributed by atoms with Crippen molar-refractivity contribution in [2.24, 2.45) is 0 Å². The molecule has 0 unspecified atom stereocenters. The maximum atomic E-state index is 12.3. The highest BCUT2D eigenvalue weighted by molar-refractivity contribution is 6.29. The Balaban J connectivity index is 1.82. The molecule has 1 amide bonds. The highest BCUT2D eigenvalue weighted by Gasteiger charge is 2.27. The Morgan fingerprint density at radius 3 is 2.64 bits per heavy atom. The second-order valence-corrected chi connectivity index (χ2v) is 6.08. The smallest absolute Gasteiger partial charge is 0.225 e. The van der Waals surface area contributed by atoms with Crippen LogP contribution in [0.1, 0.15) is 45.0 Å². The molecule has 0 spiro atoms. The summed E-state index contributed by atoms with van der Waals surface area (Å²) in [6, 6.07) is 0.563. The number of piperidine rings is 1. The number of hydrogen-bond donors (Lipinski definition) is 2. The van der Waals surface area contributed by atoms with Crippen LogP contribution in [-0.4, -0.2) is 63.0 Å². The van der Waals surface area contributed by atoms with Gasteiger partial charge < -0.3 is 19.9 Å². The number of rotatable bonds is 6. The van der Waals surface area contributed by atoms with Crippen LogP contribution >= 0.6 is 11.6 Å². The Kier molecular flexibility index (Phi) is 6.23. The van der Waals surface area contributed by atoms with Gasteiger partial charge >= 0.3 is 0 Å². The average Bonchev–Trinajstić information content (AvgIpc) is 2.96. The van der Waals surface area contributed by atoms with Crippen molar-refractivity contribution in [3.05, 3.63) is 17.2 Å². The molecule has 2 N–H and O–H groups in total. The highest BCUT2D eigenvalue weighted by atomic mass is 35.5. The lowest BCUT2D eigenvalue weighted by molar-refractivity contribution is -0.135. The molecule has 0 aromatic carbocycles.